The molecule has 0 saturated heterocycles. The van der Waals surface area contributed by atoms with E-state index in [1.165, 1.54) is 0 Å². The maximum Gasteiger partial charge on any atom is 0.205 e. The van der Waals surface area contributed by atoms with Crippen LogP contribution in [-0.2, 0) is 6.42 Å². The fraction of sp³-hybridized carbons (Fsp3) is 0.200. The van der Waals surface area contributed by atoms with Gasteiger partial charge in [0.25, 0.3) is 0 Å². The highest BCUT2D eigenvalue weighted by atomic mass is 16.1. The second kappa shape index (κ2) is 8.05. The van der Waals surface area contributed by atoms with Gasteiger partial charge in [-0.05, 0) is 53.4 Å². The molecule has 0 spiro atoms. The first-order valence-corrected chi connectivity index (χ1v) is 10.8. The predicted molar refractivity (Wildman–Crippen MR) is 126 cm³/mol. The molecule has 5 rings (SSSR count). The number of pyridine rings is 1. The number of aromatic amines is 1. The highest BCUT2D eigenvalue weighted by Gasteiger charge is 2.20. The zero-order valence-electron chi connectivity index (χ0n) is 18.9. The van der Waals surface area contributed by atoms with Gasteiger partial charge >= 0.3 is 0 Å². The Morgan fingerprint density at radius 1 is 0.970 bits per heavy atom. The SMILES string of the molecule is CCc1nc2c(C)c(C)c(C(C)=O)nc2n1-c1ccc(-c2ccccc2-c2nn[nH]n2)cc1. The first kappa shape index (κ1) is 20.7. The number of ketones is 1. The first-order valence-electron chi connectivity index (χ1n) is 10.8. The zero-order valence-corrected chi connectivity index (χ0v) is 18.9. The number of H-pyrrole nitrogens is 1. The molecule has 8 heteroatoms. The minimum absolute atomic E-state index is 0.0447. The molecule has 0 aliphatic rings. The van der Waals surface area contributed by atoms with Crippen LogP contribution < -0.4 is 0 Å². The van der Waals surface area contributed by atoms with Crippen molar-refractivity contribution in [3.8, 4) is 28.2 Å². The lowest BCUT2D eigenvalue weighted by atomic mass is 9.99. The summed E-state index contributed by atoms with van der Waals surface area (Å²) in [4.78, 5) is 21.8. The van der Waals surface area contributed by atoms with E-state index in [0.29, 0.717) is 17.2 Å². The average Bonchev–Trinajstić information content (AvgIpc) is 3.49. The summed E-state index contributed by atoms with van der Waals surface area (Å²) in [6.07, 6.45) is 0.743. The van der Waals surface area contributed by atoms with Gasteiger partial charge in [0.2, 0.25) is 5.82 Å². The van der Waals surface area contributed by atoms with E-state index >= 15 is 0 Å². The van der Waals surface area contributed by atoms with Gasteiger partial charge in [0.15, 0.2) is 11.4 Å². The Balaban J connectivity index is 1.65. The Kier molecular flexibility index (Phi) is 5.05. The van der Waals surface area contributed by atoms with Crippen LogP contribution in [-0.4, -0.2) is 40.9 Å². The molecule has 0 radical (unpaired) electrons. The summed E-state index contributed by atoms with van der Waals surface area (Å²) in [5, 5.41) is 14.5. The van der Waals surface area contributed by atoms with E-state index in [9.17, 15) is 4.79 Å². The summed E-state index contributed by atoms with van der Waals surface area (Å²) in [6.45, 7) is 7.55. The van der Waals surface area contributed by atoms with Gasteiger partial charge < -0.3 is 0 Å². The van der Waals surface area contributed by atoms with Gasteiger partial charge in [-0.2, -0.15) is 5.21 Å². The van der Waals surface area contributed by atoms with E-state index in [1.807, 2.05) is 54.8 Å². The largest absolute Gasteiger partial charge is 0.293 e. The molecule has 3 aromatic heterocycles. The molecular formula is C25H23N7O. The van der Waals surface area contributed by atoms with Crippen molar-refractivity contribution in [1.29, 1.82) is 0 Å². The van der Waals surface area contributed by atoms with Crippen LogP contribution in [0.5, 0.6) is 0 Å². The Morgan fingerprint density at radius 3 is 2.33 bits per heavy atom. The smallest absolute Gasteiger partial charge is 0.205 e. The molecule has 0 fully saturated rings. The van der Waals surface area contributed by atoms with Crippen molar-refractivity contribution >= 4 is 16.9 Å². The number of carbonyl (C=O) groups is 1. The Hall–Kier alpha value is -4.20. The highest BCUT2D eigenvalue weighted by molar-refractivity contribution is 5.96. The van der Waals surface area contributed by atoms with E-state index in [4.69, 9.17) is 9.97 Å². The molecule has 5 aromatic rings. The number of fused-ring (bicyclic) bond motifs is 1. The van der Waals surface area contributed by atoms with Crippen LogP contribution >= 0.6 is 0 Å². The lowest BCUT2D eigenvalue weighted by Gasteiger charge is -2.12. The number of imidazole rings is 1. The van der Waals surface area contributed by atoms with Crippen LogP contribution in [0.2, 0.25) is 0 Å². The lowest BCUT2D eigenvalue weighted by molar-refractivity contribution is 0.101. The quantitative estimate of drug-likeness (QED) is 0.402. The van der Waals surface area contributed by atoms with Gasteiger partial charge in [0.1, 0.15) is 17.0 Å². The maximum absolute atomic E-state index is 12.2. The van der Waals surface area contributed by atoms with Crippen molar-refractivity contribution in [2.45, 2.75) is 34.1 Å². The van der Waals surface area contributed by atoms with Gasteiger partial charge in [-0.1, -0.05) is 43.3 Å². The van der Waals surface area contributed by atoms with Gasteiger partial charge in [-0.3, -0.25) is 9.36 Å². The number of benzene rings is 2. The summed E-state index contributed by atoms with van der Waals surface area (Å²) in [6, 6.07) is 16.2. The number of Topliss-reactive ketones (excluding diaryl/α,β-unsaturated/α-hetero) is 1. The van der Waals surface area contributed by atoms with Crippen LogP contribution in [0.15, 0.2) is 48.5 Å². The fourth-order valence-corrected chi connectivity index (χ4v) is 4.20. The van der Waals surface area contributed by atoms with Crippen molar-refractivity contribution in [3.05, 3.63) is 71.2 Å². The minimum atomic E-state index is -0.0447. The Bertz CT molecular complexity index is 1480. The Morgan fingerprint density at radius 2 is 1.70 bits per heavy atom. The topological polar surface area (TPSA) is 102 Å². The van der Waals surface area contributed by atoms with Gasteiger partial charge in [0, 0.05) is 24.6 Å². The first-order chi connectivity index (χ1) is 16.0. The van der Waals surface area contributed by atoms with E-state index in [1.54, 1.807) is 6.92 Å². The summed E-state index contributed by atoms with van der Waals surface area (Å²) in [5.74, 6) is 1.41. The van der Waals surface area contributed by atoms with Crippen molar-refractivity contribution < 1.29 is 4.79 Å². The Labute approximate surface area is 190 Å². The number of carbonyl (C=O) groups excluding carboxylic acids is 1. The van der Waals surface area contributed by atoms with Crippen molar-refractivity contribution in [3.63, 3.8) is 0 Å². The predicted octanol–water partition coefficient (Wildman–Crippen LogP) is 4.65. The molecule has 0 unspecified atom stereocenters. The van der Waals surface area contributed by atoms with E-state index < -0.39 is 0 Å². The minimum Gasteiger partial charge on any atom is -0.293 e. The second-order valence-electron chi connectivity index (χ2n) is 7.98. The van der Waals surface area contributed by atoms with Gasteiger partial charge in [-0.25, -0.2) is 9.97 Å². The standard InChI is InChI=1S/C25H23N7O/c1-5-21-26-23-15(3)14(2)22(16(4)33)27-25(23)32(21)18-12-10-17(11-13-18)19-8-6-7-9-20(19)24-28-30-31-29-24/h6-13H,5H2,1-4H3,(H,28,29,30,31). The molecule has 0 saturated carbocycles. The van der Waals surface area contributed by atoms with Crippen LogP contribution in [0.3, 0.4) is 0 Å². The molecule has 2 aromatic carbocycles. The van der Waals surface area contributed by atoms with E-state index in [0.717, 1.165) is 51.3 Å². The number of tetrazole rings is 1. The number of aryl methyl sites for hydroxylation is 2. The van der Waals surface area contributed by atoms with Crippen LogP contribution in [0.4, 0.5) is 0 Å². The highest BCUT2D eigenvalue weighted by Crippen LogP contribution is 2.32. The average molecular weight is 438 g/mol. The summed E-state index contributed by atoms with van der Waals surface area (Å²) >= 11 is 0. The molecule has 3 heterocycles. The fourth-order valence-electron chi connectivity index (χ4n) is 4.20. The lowest BCUT2D eigenvalue weighted by Crippen LogP contribution is -2.06. The summed E-state index contributed by atoms with van der Waals surface area (Å²) in [5.41, 5.74) is 7.81. The number of rotatable bonds is 5. The molecule has 0 amide bonds. The van der Waals surface area contributed by atoms with E-state index in [-0.39, 0.29) is 5.78 Å². The van der Waals surface area contributed by atoms with Crippen molar-refractivity contribution in [1.82, 2.24) is 35.2 Å². The molecule has 164 valence electrons. The maximum atomic E-state index is 12.2. The summed E-state index contributed by atoms with van der Waals surface area (Å²) in [7, 11) is 0. The van der Waals surface area contributed by atoms with Crippen LogP contribution in [0.25, 0.3) is 39.4 Å². The monoisotopic (exact) mass is 437 g/mol. The third kappa shape index (κ3) is 3.40. The number of nitrogens with one attached hydrogen (secondary N) is 1. The molecule has 1 N–H and O–H groups in total. The van der Waals surface area contributed by atoms with Gasteiger partial charge in [-0.15, -0.1) is 10.2 Å². The molecule has 8 nitrogen and oxygen atoms in total. The van der Waals surface area contributed by atoms with E-state index in [2.05, 4.69) is 39.7 Å². The molecule has 0 aliphatic carbocycles. The summed E-state index contributed by atoms with van der Waals surface area (Å²) < 4.78 is 2.04. The zero-order chi connectivity index (χ0) is 23.1. The number of nitrogens with zero attached hydrogens (tertiary/aromatic N) is 6. The molecule has 33 heavy (non-hydrogen) atoms. The second-order valence-corrected chi connectivity index (χ2v) is 7.98. The van der Waals surface area contributed by atoms with Crippen molar-refractivity contribution in [2.24, 2.45) is 0 Å². The third-order valence-electron chi connectivity index (χ3n) is 6.01. The number of aromatic nitrogens is 7. The molecule has 0 aliphatic heterocycles. The van der Waals surface area contributed by atoms with Crippen LogP contribution in [0.1, 0.15) is 41.3 Å². The third-order valence-corrected chi connectivity index (χ3v) is 6.01. The molecule has 0 bridgehead atoms. The van der Waals surface area contributed by atoms with Crippen LogP contribution in [0, 0.1) is 13.8 Å². The number of hydrogen-bond acceptors (Lipinski definition) is 6. The normalized spacial score (nSPS) is 11.3. The molecule has 0 atom stereocenters. The molecular weight excluding hydrogens is 414 g/mol. The number of hydrogen-bond donors (Lipinski definition) is 1. The van der Waals surface area contributed by atoms with Gasteiger partial charge in [0.05, 0.1) is 0 Å². The van der Waals surface area contributed by atoms with Crippen molar-refractivity contribution in [2.75, 3.05) is 0 Å².